The van der Waals surface area contributed by atoms with E-state index >= 15 is 0 Å². The van der Waals surface area contributed by atoms with Gasteiger partial charge in [0.15, 0.2) is 0 Å². The molecule has 0 radical (unpaired) electrons. The zero-order valence-electron chi connectivity index (χ0n) is 10.0. The Morgan fingerprint density at radius 2 is 1.94 bits per heavy atom. The molecule has 1 aromatic heterocycles. The Bertz CT molecular complexity index is 459. The average Bonchev–Trinajstić information content (AvgIpc) is 2.72. The lowest BCUT2D eigenvalue weighted by atomic mass is 10.1. The van der Waals surface area contributed by atoms with E-state index in [0.29, 0.717) is 0 Å². The number of halogens is 2. The Balaban J connectivity index is 0.000000810. The zero-order valence-corrected chi connectivity index (χ0v) is 11.6. The Kier molecular flexibility index (Phi) is 5.66. The van der Waals surface area contributed by atoms with Crippen LogP contribution >= 0.6 is 24.8 Å². The van der Waals surface area contributed by atoms with Crippen molar-refractivity contribution >= 4 is 24.8 Å². The van der Waals surface area contributed by atoms with Gasteiger partial charge in [0, 0.05) is 25.7 Å². The van der Waals surface area contributed by atoms with Crippen LogP contribution in [0.3, 0.4) is 0 Å². The lowest BCUT2D eigenvalue weighted by Crippen LogP contribution is -2.27. The molecule has 0 fully saturated rings. The summed E-state index contributed by atoms with van der Waals surface area (Å²) in [5, 5.41) is 3.33. The molecule has 0 unspecified atom stereocenters. The van der Waals surface area contributed by atoms with E-state index in [9.17, 15) is 0 Å². The molecule has 0 saturated heterocycles. The van der Waals surface area contributed by atoms with E-state index in [4.69, 9.17) is 0 Å². The maximum Gasteiger partial charge on any atom is 0.123 e. The van der Waals surface area contributed by atoms with Crippen LogP contribution in [0.1, 0.15) is 17.1 Å². The van der Waals surface area contributed by atoms with E-state index in [1.165, 1.54) is 11.3 Å². The fourth-order valence-corrected chi connectivity index (χ4v) is 2.14. The van der Waals surface area contributed by atoms with Gasteiger partial charge in [-0.15, -0.1) is 24.8 Å². The first kappa shape index (κ1) is 15.0. The quantitative estimate of drug-likeness (QED) is 0.919. The highest BCUT2D eigenvalue weighted by Gasteiger charge is 2.11. The van der Waals surface area contributed by atoms with Crippen LogP contribution in [-0.4, -0.2) is 16.1 Å². The first-order valence-electron chi connectivity index (χ1n) is 5.71. The summed E-state index contributed by atoms with van der Waals surface area (Å²) in [5.74, 6) is 1.16. The molecule has 1 aromatic carbocycles. The van der Waals surface area contributed by atoms with Crippen molar-refractivity contribution in [2.24, 2.45) is 0 Å². The third-order valence-corrected chi connectivity index (χ3v) is 2.95. The van der Waals surface area contributed by atoms with Crippen LogP contribution in [0.5, 0.6) is 0 Å². The Morgan fingerprint density at radius 3 is 2.67 bits per heavy atom. The van der Waals surface area contributed by atoms with Crippen molar-refractivity contribution in [3.8, 4) is 0 Å². The fraction of sp³-hybridized carbons (Fsp3) is 0.308. The predicted octanol–water partition coefficient (Wildman–Crippen LogP) is 2.42. The van der Waals surface area contributed by atoms with Gasteiger partial charge in [0.05, 0.1) is 12.2 Å². The molecule has 1 aliphatic rings. The molecule has 0 amide bonds. The van der Waals surface area contributed by atoms with Crippen LogP contribution in [0.15, 0.2) is 36.5 Å². The minimum Gasteiger partial charge on any atom is -0.332 e. The van der Waals surface area contributed by atoms with E-state index in [-0.39, 0.29) is 24.8 Å². The van der Waals surface area contributed by atoms with E-state index < -0.39 is 0 Å². The number of hydrogen-bond donors (Lipinski definition) is 1. The normalized spacial score (nSPS) is 13.1. The second kappa shape index (κ2) is 6.78. The maximum atomic E-state index is 4.65. The molecule has 3 nitrogen and oxygen atoms in total. The van der Waals surface area contributed by atoms with Gasteiger partial charge >= 0.3 is 0 Å². The van der Waals surface area contributed by atoms with Crippen molar-refractivity contribution in [1.82, 2.24) is 14.9 Å². The summed E-state index contributed by atoms with van der Waals surface area (Å²) in [7, 11) is 0. The maximum absolute atomic E-state index is 4.65. The molecule has 0 saturated carbocycles. The lowest BCUT2D eigenvalue weighted by molar-refractivity contribution is 0.505. The molecule has 0 atom stereocenters. The van der Waals surface area contributed by atoms with Crippen LogP contribution in [-0.2, 0) is 19.5 Å². The average molecular weight is 286 g/mol. The monoisotopic (exact) mass is 285 g/mol. The van der Waals surface area contributed by atoms with Gasteiger partial charge in [-0.2, -0.15) is 0 Å². The number of nitrogens with one attached hydrogen (secondary N) is 1. The Morgan fingerprint density at radius 1 is 1.17 bits per heavy atom. The van der Waals surface area contributed by atoms with E-state index in [1.807, 2.05) is 6.07 Å². The van der Waals surface area contributed by atoms with Crippen molar-refractivity contribution in [2.75, 3.05) is 6.54 Å². The topological polar surface area (TPSA) is 29.9 Å². The second-order valence-electron chi connectivity index (χ2n) is 4.18. The molecule has 0 spiro atoms. The highest BCUT2D eigenvalue weighted by molar-refractivity contribution is 5.85. The fourth-order valence-electron chi connectivity index (χ4n) is 2.14. The molecule has 0 aliphatic carbocycles. The SMILES string of the molecule is Cl.Cl.c1ccc(Cc2cn3c(n2)CNCC3)cc1. The van der Waals surface area contributed by atoms with Gasteiger partial charge in [-0.25, -0.2) is 4.98 Å². The Labute approximate surface area is 119 Å². The lowest BCUT2D eigenvalue weighted by Gasteiger charge is -2.13. The van der Waals surface area contributed by atoms with Gasteiger partial charge in [0.25, 0.3) is 0 Å². The number of hydrogen-bond acceptors (Lipinski definition) is 2. The highest BCUT2D eigenvalue weighted by atomic mass is 35.5. The minimum atomic E-state index is 0. The molecule has 2 heterocycles. The van der Waals surface area contributed by atoms with E-state index in [0.717, 1.165) is 31.9 Å². The summed E-state index contributed by atoms with van der Waals surface area (Å²) in [6, 6.07) is 10.5. The molecule has 1 N–H and O–H groups in total. The predicted molar refractivity (Wildman–Crippen MR) is 77.7 cm³/mol. The van der Waals surface area contributed by atoms with Gasteiger partial charge in [-0.3, -0.25) is 0 Å². The van der Waals surface area contributed by atoms with Crippen molar-refractivity contribution in [1.29, 1.82) is 0 Å². The molecule has 1 aliphatic heterocycles. The molecule has 3 rings (SSSR count). The van der Waals surface area contributed by atoms with Gasteiger partial charge in [-0.1, -0.05) is 30.3 Å². The number of nitrogens with zero attached hydrogens (tertiary/aromatic N) is 2. The van der Waals surface area contributed by atoms with Crippen LogP contribution in [0.4, 0.5) is 0 Å². The first-order chi connectivity index (χ1) is 7.92. The number of fused-ring (bicyclic) bond motifs is 1. The summed E-state index contributed by atoms with van der Waals surface area (Å²) in [5.41, 5.74) is 2.50. The van der Waals surface area contributed by atoms with E-state index in [2.05, 4.69) is 45.3 Å². The van der Waals surface area contributed by atoms with Crippen LogP contribution in [0.25, 0.3) is 0 Å². The largest absolute Gasteiger partial charge is 0.332 e. The Hall–Kier alpha value is -1.03. The second-order valence-corrected chi connectivity index (χ2v) is 4.18. The van der Waals surface area contributed by atoms with Gasteiger partial charge in [0.2, 0.25) is 0 Å². The smallest absolute Gasteiger partial charge is 0.123 e. The number of imidazole rings is 1. The third kappa shape index (κ3) is 3.25. The van der Waals surface area contributed by atoms with Crippen molar-refractivity contribution < 1.29 is 0 Å². The number of rotatable bonds is 2. The molecule has 18 heavy (non-hydrogen) atoms. The molecule has 98 valence electrons. The van der Waals surface area contributed by atoms with Gasteiger partial charge in [0.1, 0.15) is 5.82 Å². The van der Waals surface area contributed by atoms with Crippen LogP contribution in [0, 0.1) is 0 Å². The molecular weight excluding hydrogens is 269 g/mol. The standard InChI is InChI=1S/C13H15N3.2ClH/c1-2-4-11(5-3-1)8-12-10-16-7-6-14-9-13(16)15-12;;/h1-5,10,14H,6-9H2;2*1H. The first-order valence-corrected chi connectivity index (χ1v) is 5.71. The van der Waals surface area contributed by atoms with Crippen LogP contribution in [0.2, 0.25) is 0 Å². The molecule has 0 bridgehead atoms. The van der Waals surface area contributed by atoms with Crippen molar-refractivity contribution in [3.05, 3.63) is 53.6 Å². The zero-order chi connectivity index (χ0) is 10.8. The highest BCUT2D eigenvalue weighted by Crippen LogP contribution is 2.11. The van der Waals surface area contributed by atoms with Crippen molar-refractivity contribution in [3.63, 3.8) is 0 Å². The van der Waals surface area contributed by atoms with Gasteiger partial charge in [-0.05, 0) is 5.56 Å². The van der Waals surface area contributed by atoms with Crippen molar-refractivity contribution in [2.45, 2.75) is 19.5 Å². The molecule has 2 aromatic rings. The summed E-state index contributed by atoms with van der Waals surface area (Å²) in [6.07, 6.45) is 3.12. The van der Waals surface area contributed by atoms with Crippen LogP contribution < -0.4 is 5.32 Å². The number of benzene rings is 1. The summed E-state index contributed by atoms with van der Waals surface area (Å²) in [6.45, 7) is 2.99. The molecular formula is C13H17Cl2N3. The molecule has 5 heteroatoms. The summed E-state index contributed by atoms with van der Waals surface area (Å²) < 4.78 is 2.26. The van der Waals surface area contributed by atoms with E-state index in [1.54, 1.807) is 0 Å². The number of aromatic nitrogens is 2. The minimum absolute atomic E-state index is 0. The summed E-state index contributed by atoms with van der Waals surface area (Å²) in [4.78, 5) is 4.65. The summed E-state index contributed by atoms with van der Waals surface area (Å²) >= 11 is 0. The third-order valence-electron chi connectivity index (χ3n) is 2.95. The van der Waals surface area contributed by atoms with Gasteiger partial charge < -0.3 is 9.88 Å².